The van der Waals surface area contributed by atoms with Crippen LogP contribution in [0.1, 0.15) is 56.3 Å². The first-order valence-electron chi connectivity index (χ1n) is 11.3. The van der Waals surface area contributed by atoms with E-state index in [0.29, 0.717) is 6.54 Å². The molecule has 0 unspecified atom stereocenters. The molecular weight excluding hydrogens is 402 g/mol. The lowest BCUT2D eigenvalue weighted by molar-refractivity contribution is 0.00803. The zero-order valence-corrected chi connectivity index (χ0v) is 20.9. The lowest BCUT2D eigenvalue weighted by Gasteiger charge is -2.46. The van der Waals surface area contributed by atoms with E-state index in [-0.39, 0.29) is 29.9 Å². The van der Waals surface area contributed by atoms with Gasteiger partial charge in [-0.25, -0.2) is 4.79 Å². The predicted molar refractivity (Wildman–Crippen MR) is 129 cm³/mol. The van der Waals surface area contributed by atoms with E-state index < -0.39 is 8.32 Å². The third-order valence-electron chi connectivity index (χ3n) is 6.69. The van der Waals surface area contributed by atoms with Crippen LogP contribution in [0.4, 0.5) is 4.79 Å². The van der Waals surface area contributed by atoms with Crippen LogP contribution in [0.5, 0.6) is 0 Å². The average Bonchev–Trinajstić information content (AvgIpc) is 2.72. The number of amides is 1. The first-order valence-corrected chi connectivity index (χ1v) is 14.2. The van der Waals surface area contributed by atoms with Gasteiger partial charge in [-0.05, 0) is 49.0 Å². The molecule has 1 heterocycles. The molecule has 2 atom stereocenters. The second-order valence-electron chi connectivity index (χ2n) is 10.1. The normalized spacial score (nSPS) is 19.9. The minimum absolute atomic E-state index is 0.0263. The molecule has 0 saturated carbocycles. The molecule has 3 rings (SSSR count). The van der Waals surface area contributed by atoms with E-state index in [2.05, 4.69) is 65.1 Å². The molecule has 4 nitrogen and oxygen atoms in total. The van der Waals surface area contributed by atoms with Gasteiger partial charge >= 0.3 is 6.09 Å². The Balaban J connectivity index is 1.85. The molecule has 1 saturated heterocycles. The van der Waals surface area contributed by atoms with Gasteiger partial charge in [-0.1, -0.05) is 80.9 Å². The predicted octanol–water partition coefficient (Wildman–Crippen LogP) is 6.86. The Morgan fingerprint density at radius 1 is 1.06 bits per heavy atom. The fourth-order valence-electron chi connectivity index (χ4n) is 3.80. The van der Waals surface area contributed by atoms with E-state index in [0.717, 1.165) is 24.0 Å². The standard InChI is InChI=1S/C26H37NO3Si/c1-20-14-16-22(17-15-20)24-23(30-31(5,6)26(2,3)4)13-10-18-27(24)25(28)29-19-21-11-8-7-9-12-21/h7-9,11-12,14-17,23-24H,10,13,18-19H2,1-6H3/t23-,24-/m1/s1. The van der Waals surface area contributed by atoms with Crippen LogP contribution in [0.2, 0.25) is 18.1 Å². The number of hydrogen-bond donors (Lipinski definition) is 0. The summed E-state index contributed by atoms with van der Waals surface area (Å²) >= 11 is 0. The molecular formula is C26H37NO3Si. The lowest BCUT2D eigenvalue weighted by atomic mass is 9.92. The molecule has 31 heavy (non-hydrogen) atoms. The molecule has 1 fully saturated rings. The number of likely N-dealkylation sites (tertiary alicyclic amines) is 1. The van der Waals surface area contributed by atoms with Crippen LogP contribution >= 0.6 is 0 Å². The van der Waals surface area contributed by atoms with Gasteiger partial charge in [-0.15, -0.1) is 0 Å². The summed E-state index contributed by atoms with van der Waals surface area (Å²) in [7, 11) is -1.99. The largest absolute Gasteiger partial charge is 0.445 e. The number of benzene rings is 2. The molecule has 168 valence electrons. The first-order chi connectivity index (χ1) is 14.6. The van der Waals surface area contributed by atoms with Crippen LogP contribution < -0.4 is 0 Å². The molecule has 1 aliphatic rings. The van der Waals surface area contributed by atoms with E-state index in [4.69, 9.17) is 9.16 Å². The third-order valence-corrected chi connectivity index (χ3v) is 11.2. The van der Waals surface area contributed by atoms with Crippen molar-refractivity contribution in [1.29, 1.82) is 0 Å². The second kappa shape index (κ2) is 9.57. The van der Waals surface area contributed by atoms with E-state index in [1.165, 1.54) is 5.56 Å². The second-order valence-corrected chi connectivity index (χ2v) is 14.9. The molecule has 0 aromatic heterocycles. The lowest BCUT2D eigenvalue weighted by Crippen LogP contribution is -2.52. The average molecular weight is 440 g/mol. The Labute approximate surface area is 188 Å². The van der Waals surface area contributed by atoms with Gasteiger partial charge in [0.15, 0.2) is 8.32 Å². The molecule has 1 aliphatic heterocycles. The maximum atomic E-state index is 13.2. The summed E-state index contributed by atoms with van der Waals surface area (Å²) in [5.74, 6) is 0. The van der Waals surface area contributed by atoms with Crippen molar-refractivity contribution in [3.8, 4) is 0 Å². The topological polar surface area (TPSA) is 38.8 Å². The summed E-state index contributed by atoms with van der Waals surface area (Å²) in [6.45, 7) is 14.4. The summed E-state index contributed by atoms with van der Waals surface area (Å²) in [5.41, 5.74) is 3.32. The summed E-state index contributed by atoms with van der Waals surface area (Å²) in [5, 5.41) is 0.112. The van der Waals surface area contributed by atoms with Crippen molar-refractivity contribution < 1.29 is 14.0 Å². The van der Waals surface area contributed by atoms with Crippen molar-refractivity contribution in [2.24, 2.45) is 0 Å². The number of ether oxygens (including phenoxy) is 1. The van der Waals surface area contributed by atoms with Gasteiger partial charge in [0.25, 0.3) is 0 Å². The summed E-state index contributed by atoms with van der Waals surface area (Å²) in [6.07, 6.45) is 1.58. The highest BCUT2D eigenvalue weighted by molar-refractivity contribution is 6.74. The van der Waals surface area contributed by atoms with Gasteiger partial charge in [0.05, 0.1) is 12.1 Å². The monoisotopic (exact) mass is 439 g/mol. The molecule has 2 aromatic rings. The van der Waals surface area contributed by atoms with Crippen molar-refractivity contribution in [2.75, 3.05) is 6.54 Å². The summed E-state index contributed by atoms with van der Waals surface area (Å²) in [4.78, 5) is 15.1. The third kappa shape index (κ3) is 5.77. The fourth-order valence-corrected chi connectivity index (χ4v) is 5.16. The Morgan fingerprint density at radius 2 is 1.71 bits per heavy atom. The zero-order valence-electron chi connectivity index (χ0n) is 19.9. The van der Waals surface area contributed by atoms with Gasteiger partial charge in [0, 0.05) is 6.54 Å². The highest BCUT2D eigenvalue weighted by atomic mass is 28.4. The SMILES string of the molecule is Cc1ccc([C@@H]2[C@H](O[Si](C)(C)C(C)(C)C)CCCN2C(=O)OCc2ccccc2)cc1. The number of rotatable bonds is 5. The van der Waals surface area contributed by atoms with Gasteiger partial charge < -0.3 is 9.16 Å². The minimum Gasteiger partial charge on any atom is -0.445 e. The number of hydrogen-bond acceptors (Lipinski definition) is 3. The van der Waals surface area contributed by atoms with Crippen LogP contribution in [0.3, 0.4) is 0 Å². The molecule has 0 aliphatic carbocycles. The number of carbonyl (C=O) groups excluding carboxylic acids is 1. The van der Waals surface area contributed by atoms with Crippen molar-refractivity contribution in [1.82, 2.24) is 4.90 Å². The molecule has 1 amide bonds. The van der Waals surface area contributed by atoms with Crippen LogP contribution in [0.15, 0.2) is 54.6 Å². The quantitative estimate of drug-likeness (QED) is 0.478. The van der Waals surface area contributed by atoms with Gasteiger partial charge in [0.2, 0.25) is 0 Å². The highest BCUT2D eigenvalue weighted by Crippen LogP contribution is 2.42. The van der Waals surface area contributed by atoms with Crippen LogP contribution in [-0.4, -0.2) is 32.0 Å². The van der Waals surface area contributed by atoms with Crippen molar-refractivity contribution in [2.45, 2.75) is 77.4 Å². The maximum Gasteiger partial charge on any atom is 0.410 e. The van der Waals surface area contributed by atoms with E-state index in [1.54, 1.807) is 0 Å². The van der Waals surface area contributed by atoms with Crippen molar-refractivity contribution in [3.63, 3.8) is 0 Å². The summed E-state index contributed by atoms with van der Waals surface area (Å²) < 4.78 is 12.6. The number of nitrogens with zero attached hydrogens (tertiary/aromatic N) is 1. The Morgan fingerprint density at radius 3 is 2.32 bits per heavy atom. The highest BCUT2D eigenvalue weighted by Gasteiger charge is 2.44. The molecule has 0 bridgehead atoms. The molecule has 2 aromatic carbocycles. The Bertz CT molecular complexity index is 858. The summed E-state index contributed by atoms with van der Waals surface area (Å²) in [6, 6.07) is 18.2. The first kappa shape index (κ1) is 23.5. The van der Waals surface area contributed by atoms with Crippen molar-refractivity contribution >= 4 is 14.4 Å². The van der Waals surface area contributed by atoms with Crippen LogP contribution in [-0.2, 0) is 15.8 Å². The van der Waals surface area contributed by atoms with E-state index >= 15 is 0 Å². The van der Waals surface area contributed by atoms with Gasteiger partial charge in [-0.3, -0.25) is 4.90 Å². The number of piperidine rings is 1. The Kier molecular flexibility index (Phi) is 7.27. The zero-order chi connectivity index (χ0) is 22.6. The number of aryl methyl sites for hydroxylation is 1. The van der Waals surface area contributed by atoms with Crippen molar-refractivity contribution in [3.05, 3.63) is 71.3 Å². The van der Waals surface area contributed by atoms with E-state index in [9.17, 15) is 4.79 Å². The van der Waals surface area contributed by atoms with E-state index in [1.807, 2.05) is 35.2 Å². The fraction of sp³-hybridized carbons (Fsp3) is 0.500. The van der Waals surface area contributed by atoms with Crippen LogP contribution in [0, 0.1) is 6.92 Å². The molecule has 0 radical (unpaired) electrons. The molecule has 0 spiro atoms. The van der Waals surface area contributed by atoms with Gasteiger partial charge in [0.1, 0.15) is 6.61 Å². The maximum absolute atomic E-state index is 13.2. The number of carbonyl (C=O) groups is 1. The minimum atomic E-state index is -1.99. The van der Waals surface area contributed by atoms with Crippen LogP contribution in [0.25, 0.3) is 0 Å². The molecule has 5 heteroatoms. The van der Waals surface area contributed by atoms with Gasteiger partial charge in [-0.2, -0.15) is 0 Å². The molecule has 0 N–H and O–H groups in total. The smallest absolute Gasteiger partial charge is 0.410 e. The Hall–Kier alpha value is -2.11.